The maximum Gasteiger partial charge on any atom is 0.229 e. The zero-order valence-corrected chi connectivity index (χ0v) is 11.6. The minimum absolute atomic E-state index is 0.0559. The number of anilines is 1. The Morgan fingerprint density at radius 1 is 1.42 bits per heavy atom. The molecule has 104 valence electrons. The van der Waals surface area contributed by atoms with Crippen molar-refractivity contribution in [3.8, 4) is 5.75 Å². The Kier molecular flexibility index (Phi) is 4.80. The number of carbonyl (C=O) groups excluding carboxylic acids is 1. The van der Waals surface area contributed by atoms with Crippen LogP contribution in [-0.2, 0) is 4.79 Å². The quantitative estimate of drug-likeness (QED) is 0.876. The number of hydrogen-bond acceptors (Lipinski definition) is 3. The summed E-state index contributed by atoms with van der Waals surface area (Å²) >= 11 is 0. The van der Waals surface area contributed by atoms with Crippen LogP contribution in [0.15, 0.2) is 24.3 Å². The summed E-state index contributed by atoms with van der Waals surface area (Å²) in [6.07, 6.45) is 2.02. The molecule has 2 N–H and O–H groups in total. The molecular weight excluding hydrogens is 240 g/mol. The normalized spacial score (nSPS) is 22.8. The molecule has 2 rings (SSSR count). The summed E-state index contributed by atoms with van der Waals surface area (Å²) < 4.78 is 5.38. The second-order valence-electron chi connectivity index (χ2n) is 4.94. The van der Waals surface area contributed by atoms with Gasteiger partial charge in [-0.25, -0.2) is 0 Å². The van der Waals surface area contributed by atoms with E-state index in [1.54, 1.807) is 0 Å². The van der Waals surface area contributed by atoms with Gasteiger partial charge in [-0.1, -0.05) is 0 Å². The SMILES string of the molecule is CCOc1ccc(NC(=O)C2CCCNC2C)cc1. The lowest BCUT2D eigenvalue weighted by molar-refractivity contribution is -0.121. The van der Waals surface area contributed by atoms with E-state index in [2.05, 4.69) is 17.6 Å². The molecule has 1 aromatic carbocycles. The van der Waals surface area contributed by atoms with Crippen LogP contribution in [0.3, 0.4) is 0 Å². The van der Waals surface area contributed by atoms with Crippen LogP contribution in [0.1, 0.15) is 26.7 Å². The van der Waals surface area contributed by atoms with E-state index in [1.165, 1.54) is 0 Å². The van der Waals surface area contributed by atoms with Crippen molar-refractivity contribution in [3.05, 3.63) is 24.3 Å². The van der Waals surface area contributed by atoms with Crippen molar-refractivity contribution in [2.75, 3.05) is 18.5 Å². The molecule has 1 amide bonds. The first-order valence-electron chi connectivity index (χ1n) is 6.98. The van der Waals surface area contributed by atoms with Gasteiger partial charge in [-0.05, 0) is 57.5 Å². The van der Waals surface area contributed by atoms with Gasteiger partial charge in [0.15, 0.2) is 0 Å². The molecular formula is C15H22N2O2. The third-order valence-corrected chi connectivity index (χ3v) is 3.53. The van der Waals surface area contributed by atoms with Gasteiger partial charge >= 0.3 is 0 Å². The second-order valence-corrected chi connectivity index (χ2v) is 4.94. The van der Waals surface area contributed by atoms with Crippen LogP contribution in [0.25, 0.3) is 0 Å². The van der Waals surface area contributed by atoms with Crippen molar-refractivity contribution in [2.45, 2.75) is 32.7 Å². The molecule has 0 spiro atoms. The average molecular weight is 262 g/mol. The van der Waals surface area contributed by atoms with Crippen LogP contribution < -0.4 is 15.4 Å². The van der Waals surface area contributed by atoms with Crippen LogP contribution >= 0.6 is 0 Å². The van der Waals surface area contributed by atoms with Crippen molar-refractivity contribution in [1.29, 1.82) is 0 Å². The number of hydrogen-bond donors (Lipinski definition) is 2. The first kappa shape index (κ1) is 13.9. The summed E-state index contributed by atoms with van der Waals surface area (Å²) in [4.78, 5) is 12.2. The summed E-state index contributed by atoms with van der Waals surface area (Å²) in [5.74, 6) is 0.984. The largest absolute Gasteiger partial charge is 0.494 e. The highest BCUT2D eigenvalue weighted by Gasteiger charge is 2.27. The molecule has 1 aliphatic rings. The standard InChI is InChI=1S/C15H22N2O2/c1-3-19-13-8-6-12(7-9-13)17-15(18)14-5-4-10-16-11(14)2/h6-9,11,14,16H,3-5,10H2,1-2H3,(H,17,18). The summed E-state index contributed by atoms with van der Waals surface area (Å²) in [5.41, 5.74) is 0.825. The fraction of sp³-hybridized carbons (Fsp3) is 0.533. The topological polar surface area (TPSA) is 50.4 Å². The van der Waals surface area contributed by atoms with E-state index in [0.717, 1.165) is 30.8 Å². The molecule has 0 radical (unpaired) electrons. The molecule has 0 bridgehead atoms. The van der Waals surface area contributed by atoms with Gasteiger partial charge in [0, 0.05) is 11.7 Å². The predicted molar refractivity (Wildman–Crippen MR) is 76.4 cm³/mol. The van der Waals surface area contributed by atoms with Gasteiger partial charge in [0.25, 0.3) is 0 Å². The average Bonchev–Trinajstić information content (AvgIpc) is 2.42. The van der Waals surface area contributed by atoms with Crippen LogP contribution in [0.4, 0.5) is 5.69 Å². The third kappa shape index (κ3) is 3.70. The number of nitrogens with one attached hydrogen (secondary N) is 2. The maximum absolute atomic E-state index is 12.2. The molecule has 2 atom stereocenters. The zero-order chi connectivity index (χ0) is 13.7. The van der Waals surface area contributed by atoms with E-state index < -0.39 is 0 Å². The maximum atomic E-state index is 12.2. The van der Waals surface area contributed by atoms with Crippen molar-refractivity contribution < 1.29 is 9.53 Å². The van der Waals surface area contributed by atoms with Gasteiger partial charge < -0.3 is 15.4 Å². The molecule has 0 aliphatic carbocycles. The van der Waals surface area contributed by atoms with E-state index in [9.17, 15) is 4.79 Å². The van der Waals surface area contributed by atoms with E-state index in [0.29, 0.717) is 6.61 Å². The summed E-state index contributed by atoms with van der Waals surface area (Å²) in [7, 11) is 0. The Balaban J connectivity index is 1.94. The highest BCUT2D eigenvalue weighted by molar-refractivity contribution is 5.93. The number of benzene rings is 1. The van der Waals surface area contributed by atoms with Crippen molar-refractivity contribution in [2.24, 2.45) is 5.92 Å². The van der Waals surface area contributed by atoms with Crippen molar-refractivity contribution in [3.63, 3.8) is 0 Å². The lowest BCUT2D eigenvalue weighted by Crippen LogP contribution is -2.44. The van der Waals surface area contributed by atoms with E-state index in [4.69, 9.17) is 4.74 Å². The number of carbonyl (C=O) groups is 1. The highest BCUT2D eigenvalue weighted by Crippen LogP contribution is 2.20. The number of ether oxygens (including phenoxy) is 1. The first-order chi connectivity index (χ1) is 9.20. The summed E-state index contributed by atoms with van der Waals surface area (Å²) in [6, 6.07) is 7.76. The van der Waals surface area contributed by atoms with Gasteiger partial charge in [0.05, 0.1) is 12.5 Å². The molecule has 1 aromatic rings. The highest BCUT2D eigenvalue weighted by atomic mass is 16.5. The van der Waals surface area contributed by atoms with Gasteiger partial charge in [-0.2, -0.15) is 0 Å². The number of amides is 1. The molecule has 19 heavy (non-hydrogen) atoms. The summed E-state index contributed by atoms with van der Waals surface area (Å²) in [6.45, 7) is 5.68. The first-order valence-corrected chi connectivity index (χ1v) is 6.98. The Hall–Kier alpha value is -1.55. The fourth-order valence-electron chi connectivity index (χ4n) is 2.44. The number of piperidine rings is 1. The lowest BCUT2D eigenvalue weighted by Gasteiger charge is -2.28. The zero-order valence-electron chi connectivity index (χ0n) is 11.6. The minimum atomic E-state index is 0.0559. The van der Waals surface area contributed by atoms with Gasteiger partial charge in [0.2, 0.25) is 5.91 Å². The molecule has 0 aromatic heterocycles. The van der Waals surface area contributed by atoms with Gasteiger partial charge in [0.1, 0.15) is 5.75 Å². The van der Waals surface area contributed by atoms with Crippen molar-refractivity contribution in [1.82, 2.24) is 5.32 Å². The second kappa shape index (κ2) is 6.57. The lowest BCUT2D eigenvalue weighted by atomic mass is 9.91. The molecule has 4 nitrogen and oxygen atoms in total. The van der Waals surface area contributed by atoms with Crippen LogP contribution in [0.5, 0.6) is 5.75 Å². The minimum Gasteiger partial charge on any atom is -0.494 e. The molecule has 1 saturated heterocycles. The van der Waals surface area contributed by atoms with Gasteiger partial charge in [-0.3, -0.25) is 4.79 Å². The number of rotatable bonds is 4. The molecule has 1 heterocycles. The van der Waals surface area contributed by atoms with Crippen LogP contribution in [-0.4, -0.2) is 25.1 Å². The van der Waals surface area contributed by atoms with Crippen molar-refractivity contribution >= 4 is 11.6 Å². The Bertz CT molecular complexity index is 417. The van der Waals surface area contributed by atoms with Crippen LogP contribution in [0, 0.1) is 5.92 Å². The molecule has 4 heteroatoms. The smallest absolute Gasteiger partial charge is 0.229 e. The Morgan fingerprint density at radius 3 is 2.79 bits per heavy atom. The monoisotopic (exact) mass is 262 g/mol. The predicted octanol–water partition coefficient (Wildman–Crippen LogP) is 2.41. The molecule has 1 fully saturated rings. The molecule has 0 saturated carbocycles. The fourth-order valence-corrected chi connectivity index (χ4v) is 2.44. The Labute approximate surface area is 114 Å². The molecule has 2 unspecified atom stereocenters. The van der Waals surface area contributed by atoms with Crippen LogP contribution in [0.2, 0.25) is 0 Å². The Morgan fingerprint density at radius 2 is 2.16 bits per heavy atom. The summed E-state index contributed by atoms with van der Waals surface area (Å²) in [5, 5.41) is 6.32. The van der Waals surface area contributed by atoms with E-state index >= 15 is 0 Å². The molecule has 1 aliphatic heterocycles. The third-order valence-electron chi connectivity index (χ3n) is 3.53. The van der Waals surface area contributed by atoms with Gasteiger partial charge in [-0.15, -0.1) is 0 Å². The van der Waals surface area contributed by atoms with E-state index in [1.807, 2.05) is 31.2 Å². The van der Waals surface area contributed by atoms with E-state index in [-0.39, 0.29) is 17.9 Å².